The SMILES string of the molecule is COCCNC(=O)C1CC1C(=O)NCCC1=CCCCC1. The maximum Gasteiger partial charge on any atom is 0.224 e. The molecule has 5 heteroatoms. The van der Waals surface area contributed by atoms with Crippen molar-refractivity contribution in [3.8, 4) is 0 Å². The Morgan fingerprint density at radius 3 is 2.52 bits per heavy atom. The normalized spacial score (nSPS) is 24.1. The molecule has 21 heavy (non-hydrogen) atoms. The van der Waals surface area contributed by atoms with E-state index < -0.39 is 0 Å². The van der Waals surface area contributed by atoms with Crippen LogP contribution in [0.15, 0.2) is 11.6 Å². The van der Waals surface area contributed by atoms with E-state index in [1.807, 2.05) is 0 Å². The van der Waals surface area contributed by atoms with E-state index in [0.29, 0.717) is 26.1 Å². The summed E-state index contributed by atoms with van der Waals surface area (Å²) in [5, 5.41) is 5.74. The second-order valence-corrected chi connectivity index (χ2v) is 5.88. The topological polar surface area (TPSA) is 67.4 Å². The minimum atomic E-state index is -0.143. The highest BCUT2D eigenvalue weighted by Gasteiger charge is 2.47. The molecule has 5 nitrogen and oxygen atoms in total. The molecular weight excluding hydrogens is 268 g/mol. The number of carbonyl (C=O) groups excluding carboxylic acids is 2. The fourth-order valence-corrected chi connectivity index (χ4v) is 2.79. The number of methoxy groups -OCH3 is 1. The predicted octanol–water partition coefficient (Wildman–Crippen LogP) is 1.39. The van der Waals surface area contributed by atoms with E-state index in [9.17, 15) is 9.59 Å². The van der Waals surface area contributed by atoms with Gasteiger partial charge in [0.25, 0.3) is 0 Å². The number of allylic oxidation sites excluding steroid dienone is 1. The summed E-state index contributed by atoms with van der Waals surface area (Å²) in [5.41, 5.74) is 1.46. The van der Waals surface area contributed by atoms with E-state index in [-0.39, 0.29) is 23.7 Å². The summed E-state index contributed by atoms with van der Waals surface area (Å²) in [7, 11) is 1.60. The van der Waals surface area contributed by atoms with Crippen LogP contribution in [0, 0.1) is 11.8 Å². The summed E-state index contributed by atoms with van der Waals surface area (Å²) in [6, 6.07) is 0. The lowest BCUT2D eigenvalue weighted by Crippen LogP contribution is -2.32. The molecule has 2 unspecified atom stereocenters. The maximum absolute atomic E-state index is 12.0. The van der Waals surface area contributed by atoms with Crippen LogP contribution >= 0.6 is 0 Å². The Morgan fingerprint density at radius 1 is 1.19 bits per heavy atom. The number of rotatable bonds is 8. The van der Waals surface area contributed by atoms with Crippen molar-refractivity contribution in [2.24, 2.45) is 11.8 Å². The van der Waals surface area contributed by atoms with Crippen LogP contribution in [0.1, 0.15) is 38.5 Å². The molecule has 2 atom stereocenters. The molecule has 2 amide bonds. The monoisotopic (exact) mass is 294 g/mol. The number of hydrogen-bond acceptors (Lipinski definition) is 3. The van der Waals surface area contributed by atoms with E-state index in [1.165, 1.54) is 31.3 Å². The van der Waals surface area contributed by atoms with E-state index in [2.05, 4.69) is 16.7 Å². The van der Waals surface area contributed by atoms with Gasteiger partial charge in [-0.2, -0.15) is 0 Å². The standard InChI is InChI=1S/C16H26N2O3/c1-21-10-9-18-16(20)14-11-13(14)15(19)17-8-7-12-5-3-2-4-6-12/h5,13-14H,2-4,6-11H2,1H3,(H,17,19)(H,18,20). The lowest BCUT2D eigenvalue weighted by molar-refractivity contribution is -0.127. The molecular formula is C16H26N2O3. The van der Waals surface area contributed by atoms with Crippen LogP contribution in [-0.2, 0) is 14.3 Å². The number of carbonyl (C=O) groups is 2. The molecule has 0 spiro atoms. The molecule has 0 aromatic rings. The molecule has 0 aromatic carbocycles. The Morgan fingerprint density at radius 2 is 1.90 bits per heavy atom. The fraction of sp³-hybridized carbons (Fsp3) is 0.750. The Bertz CT molecular complexity index is 406. The molecule has 2 aliphatic carbocycles. The molecule has 0 saturated heterocycles. The van der Waals surface area contributed by atoms with Gasteiger partial charge in [0, 0.05) is 20.2 Å². The van der Waals surface area contributed by atoms with Crippen molar-refractivity contribution < 1.29 is 14.3 Å². The van der Waals surface area contributed by atoms with Crippen molar-refractivity contribution >= 4 is 11.8 Å². The molecule has 2 rings (SSSR count). The lowest BCUT2D eigenvalue weighted by atomic mass is 9.97. The third kappa shape index (κ3) is 5.16. The van der Waals surface area contributed by atoms with E-state index in [1.54, 1.807) is 7.11 Å². The number of hydrogen-bond donors (Lipinski definition) is 2. The average Bonchev–Trinajstić information content (AvgIpc) is 3.29. The summed E-state index contributed by atoms with van der Waals surface area (Å²) in [6.07, 6.45) is 8.83. The average molecular weight is 294 g/mol. The first-order chi connectivity index (χ1) is 10.2. The van der Waals surface area contributed by atoms with Crippen LogP contribution in [0.5, 0.6) is 0 Å². The van der Waals surface area contributed by atoms with Gasteiger partial charge >= 0.3 is 0 Å². The van der Waals surface area contributed by atoms with Crippen molar-refractivity contribution in [2.75, 3.05) is 26.8 Å². The van der Waals surface area contributed by atoms with Gasteiger partial charge in [-0.05, 0) is 38.5 Å². The highest BCUT2D eigenvalue weighted by molar-refractivity contribution is 5.92. The smallest absolute Gasteiger partial charge is 0.224 e. The first kappa shape index (κ1) is 16.0. The van der Waals surface area contributed by atoms with Gasteiger partial charge in [-0.25, -0.2) is 0 Å². The van der Waals surface area contributed by atoms with Gasteiger partial charge in [-0.3, -0.25) is 9.59 Å². The van der Waals surface area contributed by atoms with Crippen LogP contribution in [-0.4, -0.2) is 38.6 Å². The third-order valence-corrected chi connectivity index (χ3v) is 4.20. The zero-order valence-corrected chi connectivity index (χ0v) is 12.8. The molecule has 0 heterocycles. The van der Waals surface area contributed by atoms with Gasteiger partial charge in [-0.15, -0.1) is 0 Å². The molecule has 118 valence electrons. The predicted molar refractivity (Wildman–Crippen MR) is 80.7 cm³/mol. The fourth-order valence-electron chi connectivity index (χ4n) is 2.79. The van der Waals surface area contributed by atoms with Gasteiger partial charge in [0.15, 0.2) is 0 Å². The first-order valence-corrected chi connectivity index (χ1v) is 7.94. The minimum Gasteiger partial charge on any atom is -0.383 e. The molecule has 1 fully saturated rings. The van der Waals surface area contributed by atoms with Crippen LogP contribution in [0.4, 0.5) is 0 Å². The summed E-state index contributed by atoms with van der Waals surface area (Å²) in [6.45, 7) is 1.71. The Kier molecular flexibility index (Phi) is 6.23. The maximum atomic E-state index is 12.0. The Hall–Kier alpha value is -1.36. The van der Waals surface area contributed by atoms with E-state index in [4.69, 9.17) is 4.74 Å². The number of nitrogens with one attached hydrogen (secondary N) is 2. The third-order valence-electron chi connectivity index (χ3n) is 4.20. The lowest BCUT2D eigenvalue weighted by Gasteiger charge is -2.12. The second-order valence-electron chi connectivity index (χ2n) is 5.88. The van der Waals surface area contributed by atoms with Crippen molar-refractivity contribution in [3.63, 3.8) is 0 Å². The molecule has 0 bridgehead atoms. The Labute approximate surface area is 126 Å². The second kappa shape index (κ2) is 8.17. The van der Waals surface area contributed by atoms with Crippen molar-refractivity contribution in [1.29, 1.82) is 0 Å². The van der Waals surface area contributed by atoms with Crippen LogP contribution in [0.2, 0.25) is 0 Å². The molecule has 0 aliphatic heterocycles. The van der Waals surface area contributed by atoms with E-state index in [0.717, 1.165) is 6.42 Å². The van der Waals surface area contributed by atoms with Crippen LogP contribution in [0.25, 0.3) is 0 Å². The van der Waals surface area contributed by atoms with Crippen molar-refractivity contribution in [1.82, 2.24) is 10.6 Å². The summed E-state index contributed by atoms with van der Waals surface area (Å²) < 4.78 is 4.88. The van der Waals surface area contributed by atoms with Gasteiger partial charge in [-0.1, -0.05) is 11.6 Å². The van der Waals surface area contributed by atoms with Gasteiger partial charge < -0.3 is 15.4 Å². The minimum absolute atomic E-state index is 0.0258. The van der Waals surface area contributed by atoms with Crippen LogP contribution < -0.4 is 10.6 Å². The van der Waals surface area contributed by atoms with Crippen molar-refractivity contribution in [2.45, 2.75) is 38.5 Å². The molecule has 0 radical (unpaired) electrons. The number of amides is 2. The molecule has 2 aliphatic rings. The molecule has 1 saturated carbocycles. The molecule has 2 N–H and O–H groups in total. The highest BCUT2D eigenvalue weighted by Crippen LogP contribution is 2.38. The van der Waals surface area contributed by atoms with Crippen molar-refractivity contribution in [3.05, 3.63) is 11.6 Å². The summed E-state index contributed by atoms with van der Waals surface area (Å²) >= 11 is 0. The van der Waals surface area contributed by atoms with Gasteiger partial charge in [0.05, 0.1) is 18.4 Å². The van der Waals surface area contributed by atoms with E-state index >= 15 is 0 Å². The summed E-state index contributed by atoms with van der Waals surface area (Å²) in [5.74, 6) is -0.274. The number of ether oxygens (including phenoxy) is 1. The largest absolute Gasteiger partial charge is 0.383 e. The quantitative estimate of drug-likeness (QED) is 0.525. The Balaban J connectivity index is 1.59. The zero-order chi connectivity index (χ0) is 15.1. The first-order valence-electron chi connectivity index (χ1n) is 7.94. The van der Waals surface area contributed by atoms with Gasteiger partial charge in [0.2, 0.25) is 11.8 Å². The van der Waals surface area contributed by atoms with Gasteiger partial charge in [0.1, 0.15) is 0 Å². The summed E-state index contributed by atoms with van der Waals surface area (Å²) in [4.78, 5) is 23.7. The van der Waals surface area contributed by atoms with Crippen LogP contribution in [0.3, 0.4) is 0 Å². The molecule has 0 aromatic heterocycles. The highest BCUT2D eigenvalue weighted by atomic mass is 16.5. The zero-order valence-electron chi connectivity index (χ0n) is 12.8.